The highest BCUT2D eigenvalue weighted by molar-refractivity contribution is 6.10. The van der Waals surface area contributed by atoms with E-state index < -0.39 is 0 Å². The molecule has 5 nitrogen and oxygen atoms in total. The van der Waals surface area contributed by atoms with Gasteiger partial charge in [-0.25, -0.2) is 0 Å². The van der Waals surface area contributed by atoms with Crippen molar-refractivity contribution >= 4 is 27.8 Å². The molecule has 26 heavy (non-hydrogen) atoms. The van der Waals surface area contributed by atoms with E-state index in [-0.39, 0.29) is 12.0 Å². The van der Waals surface area contributed by atoms with Crippen LogP contribution in [0.15, 0.2) is 30.3 Å². The monoisotopic (exact) mass is 351 g/mol. The van der Waals surface area contributed by atoms with E-state index >= 15 is 0 Å². The normalized spacial score (nSPS) is 20.3. The molecule has 2 fully saturated rings. The topological polar surface area (TPSA) is 48.2 Å². The Labute approximate surface area is 152 Å². The number of amides is 1. The first kappa shape index (κ1) is 15.9. The van der Waals surface area contributed by atoms with Crippen LogP contribution in [0.1, 0.15) is 36.2 Å². The minimum atomic E-state index is -0.0127. The molecular weight excluding hydrogens is 326 g/mol. The van der Waals surface area contributed by atoms with Gasteiger partial charge >= 0.3 is 0 Å². The highest BCUT2D eigenvalue weighted by Crippen LogP contribution is 2.36. The van der Waals surface area contributed by atoms with E-state index in [0.717, 1.165) is 43.1 Å². The molecule has 1 N–H and O–H groups in total. The number of rotatable bonds is 5. The lowest BCUT2D eigenvalue weighted by atomic mass is 10.2. The highest BCUT2D eigenvalue weighted by Gasteiger charge is 2.26. The van der Waals surface area contributed by atoms with Crippen molar-refractivity contribution in [2.24, 2.45) is 13.0 Å². The van der Waals surface area contributed by atoms with Gasteiger partial charge in [0.15, 0.2) is 0 Å². The maximum absolute atomic E-state index is 12.8. The average molecular weight is 351 g/mol. The van der Waals surface area contributed by atoms with Crippen LogP contribution in [0.4, 0.5) is 0 Å². The molecule has 1 aromatic carbocycles. The first-order valence-corrected chi connectivity index (χ1v) is 9.69. The number of nitrogens with zero attached hydrogens (tertiary/aromatic N) is 2. The molecule has 2 aliphatic rings. The summed E-state index contributed by atoms with van der Waals surface area (Å²) in [5.74, 6) is 0.771. The zero-order chi connectivity index (χ0) is 17.7. The average Bonchev–Trinajstić information content (AvgIpc) is 3.07. The minimum Gasteiger partial charge on any atom is -0.376 e. The molecule has 0 spiro atoms. The molecule has 1 aliphatic carbocycles. The van der Waals surface area contributed by atoms with Crippen LogP contribution in [-0.4, -0.2) is 34.3 Å². The molecule has 3 aromatic rings. The largest absolute Gasteiger partial charge is 0.376 e. The van der Waals surface area contributed by atoms with Gasteiger partial charge in [0.25, 0.3) is 5.91 Å². The third-order valence-electron chi connectivity index (χ3n) is 5.84. The molecule has 1 saturated carbocycles. The Bertz CT molecular complexity index is 974. The van der Waals surface area contributed by atoms with Gasteiger partial charge in [0.1, 0.15) is 5.69 Å². The molecule has 3 heterocycles. The molecule has 0 unspecified atom stereocenters. The molecule has 2 aromatic heterocycles. The molecular formula is C21H25N3O2. The van der Waals surface area contributed by atoms with E-state index in [1.54, 1.807) is 0 Å². The van der Waals surface area contributed by atoms with Gasteiger partial charge in [0.05, 0.1) is 22.7 Å². The number of carbonyl (C=O) groups excluding carboxylic acids is 1. The SMILES string of the molecule is Cn1c(C(=O)NC[C@@H]2CCCO2)cc2c1c1ccccc1n2CC1CC1. The zero-order valence-corrected chi connectivity index (χ0v) is 15.2. The minimum absolute atomic E-state index is 0.0127. The summed E-state index contributed by atoms with van der Waals surface area (Å²) in [5.41, 5.74) is 4.32. The number of aromatic nitrogens is 2. The summed E-state index contributed by atoms with van der Waals surface area (Å²) in [7, 11) is 2.00. The van der Waals surface area contributed by atoms with E-state index in [1.165, 1.54) is 29.3 Å². The van der Waals surface area contributed by atoms with E-state index in [4.69, 9.17) is 4.74 Å². The quantitative estimate of drug-likeness (QED) is 0.765. The van der Waals surface area contributed by atoms with Gasteiger partial charge in [0, 0.05) is 32.1 Å². The molecule has 5 heteroatoms. The molecule has 136 valence electrons. The number of nitrogens with one attached hydrogen (secondary N) is 1. The van der Waals surface area contributed by atoms with E-state index in [9.17, 15) is 4.79 Å². The predicted octanol–water partition coefficient (Wildman–Crippen LogP) is 3.45. The van der Waals surface area contributed by atoms with Crippen molar-refractivity contribution in [2.75, 3.05) is 13.2 Å². The molecule has 1 aliphatic heterocycles. The second-order valence-corrected chi connectivity index (χ2v) is 7.74. The Kier molecular flexibility index (Phi) is 3.78. The fourth-order valence-corrected chi connectivity index (χ4v) is 4.23. The van der Waals surface area contributed by atoms with Crippen molar-refractivity contribution < 1.29 is 9.53 Å². The summed E-state index contributed by atoms with van der Waals surface area (Å²) in [6.45, 7) is 2.45. The van der Waals surface area contributed by atoms with Crippen molar-refractivity contribution in [1.29, 1.82) is 0 Å². The van der Waals surface area contributed by atoms with Gasteiger partial charge in [0.2, 0.25) is 0 Å². The molecule has 0 bridgehead atoms. The van der Waals surface area contributed by atoms with E-state index in [0.29, 0.717) is 6.54 Å². The number of hydrogen-bond donors (Lipinski definition) is 1. The molecule has 1 amide bonds. The summed E-state index contributed by atoms with van der Waals surface area (Å²) in [6, 6.07) is 10.6. The smallest absolute Gasteiger partial charge is 0.268 e. The van der Waals surface area contributed by atoms with Crippen molar-refractivity contribution in [1.82, 2.24) is 14.5 Å². The number of ether oxygens (including phenoxy) is 1. The van der Waals surface area contributed by atoms with Crippen LogP contribution in [0.5, 0.6) is 0 Å². The second kappa shape index (κ2) is 6.16. The second-order valence-electron chi connectivity index (χ2n) is 7.74. The van der Waals surface area contributed by atoms with Crippen LogP contribution in [0.2, 0.25) is 0 Å². The predicted molar refractivity (Wildman–Crippen MR) is 102 cm³/mol. The van der Waals surface area contributed by atoms with Gasteiger partial charge < -0.3 is 19.2 Å². The third-order valence-corrected chi connectivity index (χ3v) is 5.84. The molecule has 0 radical (unpaired) electrons. The maximum atomic E-state index is 12.8. The van der Waals surface area contributed by atoms with Gasteiger partial charge in [-0.3, -0.25) is 4.79 Å². The Morgan fingerprint density at radius 1 is 1.23 bits per heavy atom. The zero-order valence-electron chi connectivity index (χ0n) is 15.2. The van der Waals surface area contributed by atoms with Crippen molar-refractivity contribution in [3.8, 4) is 0 Å². The summed E-state index contributed by atoms with van der Waals surface area (Å²) in [5, 5.41) is 4.28. The number of hydrogen-bond acceptors (Lipinski definition) is 2. The molecule has 1 atom stereocenters. The van der Waals surface area contributed by atoms with Crippen molar-refractivity contribution in [3.63, 3.8) is 0 Å². The Morgan fingerprint density at radius 3 is 2.85 bits per heavy atom. The van der Waals surface area contributed by atoms with E-state index in [2.05, 4.69) is 40.2 Å². The number of benzene rings is 1. The Morgan fingerprint density at radius 2 is 2.08 bits per heavy atom. The summed E-state index contributed by atoms with van der Waals surface area (Å²) < 4.78 is 10.1. The number of fused-ring (bicyclic) bond motifs is 3. The Hall–Kier alpha value is -2.27. The van der Waals surface area contributed by atoms with Gasteiger partial charge in [-0.05, 0) is 43.7 Å². The third kappa shape index (κ3) is 2.62. The summed E-state index contributed by atoms with van der Waals surface area (Å²) in [4.78, 5) is 12.8. The first-order valence-electron chi connectivity index (χ1n) is 9.69. The lowest BCUT2D eigenvalue weighted by molar-refractivity contribution is 0.0851. The van der Waals surface area contributed by atoms with Crippen LogP contribution in [0.3, 0.4) is 0 Å². The fraction of sp³-hybridized carbons (Fsp3) is 0.476. The van der Waals surface area contributed by atoms with Crippen molar-refractivity contribution in [3.05, 3.63) is 36.0 Å². The van der Waals surface area contributed by atoms with Crippen LogP contribution >= 0.6 is 0 Å². The lowest BCUT2D eigenvalue weighted by Crippen LogP contribution is -2.32. The highest BCUT2D eigenvalue weighted by atomic mass is 16.5. The van der Waals surface area contributed by atoms with Crippen LogP contribution in [0, 0.1) is 5.92 Å². The van der Waals surface area contributed by atoms with Crippen LogP contribution < -0.4 is 5.32 Å². The van der Waals surface area contributed by atoms with Gasteiger partial charge in [-0.1, -0.05) is 18.2 Å². The summed E-state index contributed by atoms with van der Waals surface area (Å²) in [6.07, 6.45) is 4.92. The standard InChI is InChI=1S/C21H25N3O2/c1-23-19(21(25)22-12-15-5-4-10-26-15)11-18-20(23)16-6-2-3-7-17(16)24(18)13-14-8-9-14/h2-3,6-7,11,14-15H,4-5,8-10,12-13H2,1H3,(H,22,25)/t15-/m0/s1. The lowest BCUT2D eigenvalue weighted by Gasteiger charge is -2.11. The van der Waals surface area contributed by atoms with Crippen LogP contribution in [0.25, 0.3) is 21.9 Å². The summed E-state index contributed by atoms with van der Waals surface area (Å²) >= 11 is 0. The van der Waals surface area contributed by atoms with Gasteiger partial charge in [-0.15, -0.1) is 0 Å². The maximum Gasteiger partial charge on any atom is 0.268 e. The molecule has 5 rings (SSSR count). The van der Waals surface area contributed by atoms with E-state index in [1.807, 2.05) is 11.6 Å². The first-order chi connectivity index (χ1) is 12.7. The fourth-order valence-electron chi connectivity index (χ4n) is 4.23. The van der Waals surface area contributed by atoms with Crippen molar-refractivity contribution in [2.45, 2.75) is 38.3 Å². The number of carbonyl (C=O) groups is 1. The Balaban J connectivity index is 1.52. The van der Waals surface area contributed by atoms with Crippen LogP contribution in [-0.2, 0) is 18.3 Å². The number of aryl methyl sites for hydroxylation is 1. The van der Waals surface area contributed by atoms with Gasteiger partial charge in [-0.2, -0.15) is 0 Å². The molecule has 1 saturated heterocycles. The number of para-hydroxylation sites is 1.